The van der Waals surface area contributed by atoms with E-state index in [4.69, 9.17) is 0 Å². The molecule has 0 spiro atoms. The van der Waals surface area contributed by atoms with Crippen LogP contribution in [0.4, 0.5) is 0 Å². The van der Waals surface area contributed by atoms with Crippen molar-refractivity contribution in [2.45, 2.75) is 59.8 Å². The zero-order chi connectivity index (χ0) is 11.7. The minimum atomic E-state index is 0.690. The highest BCUT2D eigenvalue weighted by atomic mass is 14.1. The molecule has 0 N–H and O–H groups in total. The molecule has 15 heavy (non-hydrogen) atoms. The normalized spacial score (nSPS) is 14.4. The number of allylic oxidation sites excluding steroid dienone is 3. The lowest BCUT2D eigenvalue weighted by molar-refractivity contribution is 0.450. The van der Waals surface area contributed by atoms with Crippen LogP contribution in [0.15, 0.2) is 24.3 Å². The molecule has 0 saturated carbocycles. The fourth-order valence-corrected chi connectivity index (χ4v) is 1.71. The molecule has 0 aliphatic carbocycles. The minimum absolute atomic E-state index is 0.690. The molecular weight excluding hydrogens is 180 g/mol. The highest BCUT2D eigenvalue weighted by molar-refractivity contribution is 4.92. The fourth-order valence-electron chi connectivity index (χ4n) is 1.71. The van der Waals surface area contributed by atoms with Crippen LogP contribution in [0.2, 0.25) is 0 Å². The molecule has 0 nitrogen and oxygen atoms in total. The third-order valence-electron chi connectivity index (χ3n) is 2.97. The molecule has 0 aromatic carbocycles. The summed E-state index contributed by atoms with van der Waals surface area (Å²) in [6.07, 6.45) is 11.0. The molecule has 2 unspecified atom stereocenters. The Hall–Kier alpha value is -0.520. The average Bonchev–Trinajstić information content (AvgIpc) is 2.17. The lowest BCUT2D eigenvalue weighted by Crippen LogP contribution is -1.96. The SMILES string of the molecule is C=CC(C)CCCC(C)CCC=C(C)C. The van der Waals surface area contributed by atoms with E-state index in [2.05, 4.69) is 46.4 Å². The van der Waals surface area contributed by atoms with Crippen LogP contribution in [0.25, 0.3) is 0 Å². The molecule has 0 aromatic heterocycles. The van der Waals surface area contributed by atoms with E-state index in [0.717, 1.165) is 5.92 Å². The standard InChI is InChI=1S/C15H28/c1-6-14(4)10-8-12-15(5)11-7-9-13(2)3/h6,9,14-15H,1,7-8,10-12H2,2-5H3. The van der Waals surface area contributed by atoms with Crippen molar-refractivity contribution in [3.8, 4) is 0 Å². The maximum atomic E-state index is 3.82. The molecule has 0 aliphatic heterocycles. The lowest BCUT2D eigenvalue weighted by atomic mass is 9.95. The molecule has 0 heterocycles. The molecule has 0 amide bonds. The third kappa shape index (κ3) is 9.78. The summed E-state index contributed by atoms with van der Waals surface area (Å²) in [5, 5.41) is 0. The second-order valence-electron chi connectivity index (χ2n) is 5.11. The first-order chi connectivity index (χ1) is 7.06. The molecule has 0 aliphatic rings. The largest absolute Gasteiger partial charge is 0.103 e. The number of rotatable bonds is 8. The van der Waals surface area contributed by atoms with E-state index in [1.165, 1.54) is 37.7 Å². The van der Waals surface area contributed by atoms with Gasteiger partial charge in [0.05, 0.1) is 0 Å². The first-order valence-corrected chi connectivity index (χ1v) is 6.32. The van der Waals surface area contributed by atoms with Crippen LogP contribution in [0.5, 0.6) is 0 Å². The average molecular weight is 208 g/mol. The molecule has 88 valence electrons. The Morgan fingerprint density at radius 2 is 1.80 bits per heavy atom. The Balaban J connectivity index is 3.45. The van der Waals surface area contributed by atoms with Crippen LogP contribution >= 0.6 is 0 Å². The second kappa shape index (κ2) is 8.76. The van der Waals surface area contributed by atoms with Crippen molar-refractivity contribution >= 4 is 0 Å². The quantitative estimate of drug-likeness (QED) is 0.471. The molecule has 2 atom stereocenters. The summed E-state index contributed by atoms with van der Waals surface area (Å²) >= 11 is 0. The van der Waals surface area contributed by atoms with Gasteiger partial charge in [0.25, 0.3) is 0 Å². The van der Waals surface area contributed by atoms with E-state index >= 15 is 0 Å². The zero-order valence-electron chi connectivity index (χ0n) is 11.1. The van der Waals surface area contributed by atoms with E-state index in [9.17, 15) is 0 Å². The summed E-state index contributed by atoms with van der Waals surface area (Å²) in [6.45, 7) is 12.8. The Morgan fingerprint density at radius 3 is 2.33 bits per heavy atom. The van der Waals surface area contributed by atoms with Crippen LogP contribution in [-0.4, -0.2) is 0 Å². The van der Waals surface area contributed by atoms with Crippen LogP contribution < -0.4 is 0 Å². The van der Waals surface area contributed by atoms with Gasteiger partial charge in [-0.1, -0.05) is 44.4 Å². The predicted molar refractivity (Wildman–Crippen MR) is 71.0 cm³/mol. The zero-order valence-corrected chi connectivity index (χ0v) is 11.1. The van der Waals surface area contributed by atoms with Gasteiger partial charge in [-0.3, -0.25) is 0 Å². The summed E-state index contributed by atoms with van der Waals surface area (Å²) in [6, 6.07) is 0. The van der Waals surface area contributed by atoms with Crippen LogP contribution in [0.3, 0.4) is 0 Å². The summed E-state index contributed by atoms with van der Waals surface area (Å²) in [7, 11) is 0. The van der Waals surface area contributed by atoms with Gasteiger partial charge in [-0.25, -0.2) is 0 Å². The van der Waals surface area contributed by atoms with Gasteiger partial charge in [0.2, 0.25) is 0 Å². The van der Waals surface area contributed by atoms with Crippen molar-refractivity contribution in [1.29, 1.82) is 0 Å². The highest BCUT2D eigenvalue weighted by Crippen LogP contribution is 2.17. The Labute approximate surface area is 96.5 Å². The van der Waals surface area contributed by atoms with Crippen LogP contribution in [0.1, 0.15) is 59.8 Å². The van der Waals surface area contributed by atoms with Crippen molar-refractivity contribution in [2.24, 2.45) is 11.8 Å². The molecule has 0 fully saturated rings. The number of hydrogen-bond acceptors (Lipinski definition) is 0. The van der Waals surface area contributed by atoms with Crippen molar-refractivity contribution in [1.82, 2.24) is 0 Å². The van der Waals surface area contributed by atoms with Gasteiger partial charge in [-0.2, -0.15) is 0 Å². The summed E-state index contributed by atoms with van der Waals surface area (Å²) in [5.74, 6) is 1.56. The van der Waals surface area contributed by atoms with E-state index in [-0.39, 0.29) is 0 Å². The van der Waals surface area contributed by atoms with E-state index in [1.807, 2.05) is 0 Å². The second-order valence-corrected chi connectivity index (χ2v) is 5.11. The van der Waals surface area contributed by atoms with Gasteiger partial charge in [-0.05, 0) is 44.9 Å². The highest BCUT2D eigenvalue weighted by Gasteiger charge is 2.02. The maximum Gasteiger partial charge on any atom is -0.0265 e. The van der Waals surface area contributed by atoms with E-state index in [1.54, 1.807) is 0 Å². The van der Waals surface area contributed by atoms with Crippen LogP contribution in [-0.2, 0) is 0 Å². The lowest BCUT2D eigenvalue weighted by Gasteiger charge is -2.11. The predicted octanol–water partition coefficient (Wildman–Crippen LogP) is 5.36. The van der Waals surface area contributed by atoms with Crippen molar-refractivity contribution in [3.63, 3.8) is 0 Å². The molecule has 0 heteroatoms. The van der Waals surface area contributed by atoms with Gasteiger partial charge in [0.15, 0.2) is 0 Å². The van der Waals surface area contributed by atoms with Crippen LogP contribution in [0, 0.1) is 11.8 Å². The summed E-state index contributed by atoms with van der Waals surface area (Å²) in [4.78, 5) is 0. The van der Waals surface area contributed by atoms with E-state index in [0.29, 0.717) is 5.92 Å². The van der Waals surface area contributed by atoms with Gasteiger partial charge in [-0.15, -0.1) is 6.58 Å². The van der Waals surface area contributed by atoms with Gasteiger partial charge < -0.3 is 0 Å². The minimum Gasteiger partial charge on any atom is -0.103 e. The third-order valence-corrected chi connectivity index (χ3v) is 2.97. The molecular formula is C15H28. The Morgan fingerprint density at radius 1 is 1.13 bits per heavy atom. The van der Waals surface area contributed by atoms with Crippen molar-refractivity contribution in [3.05, 3.63) is 24.3 Å². The van der Waals surface area contributed by atoms with E-state index < -0.39 is 0 Å². The smallest absolute Gasteiger partial charge is 0.0265 e. The molecule has 0 radical (unpaired) electrons. The van der Waals surface area contributed by atoms with Crippen molar-refractivity contribution in [2.75, 3.05) is 0 Å². The molecule has 0 bridgehead atoms. The monoisotopic (exact) mass is 208 g/mol. The Kier molecular flexibility index (Phi) is 8.46. The molecule has 0 aromatic rings. The molecule has 0 saturated heterocycles. The topological polar surface area (TPSA) is 0 Å². The Bertz CT molecular complexity index is 184. The number of hydrogen-bond donors (Lipinski definition) is 0. The van der Waals surface area contributed by atoms with Gasteiger partial charge in [0.1, 0.15) is 0 Å². The first kappa shape index (κ1) is 14.5. The molecule has 0 rings (SSSR count). The first-order valence-electron chi connectivity index (χ1n) is 6.32. The maximum absolute atomic E-state index is 3.82. The summed E-state index contributed by atoms with van der Waals surface area (Å²) in [5.41, 5.74) is 1.45. The van der Waals surface area contributed by atoms with Gasteiger partial charge in [0, 0.05) is 0 Å². The summed E-state index contributed by atoms with van der Waals surface area (Å²) < 4.78 is 0. The fraction of sp³-hybridized carbons (Fsp3) is 0.733. The van der Waals surface area contributed by atoms with Crippen molar-refractivity contribution < 1.29 is 0 Å². The van der Waals surface area contributed by atoms with Gasteiger partial charge >= 0.3 is 0 Å².